The molecule has 2 atom stereocenters. The molecule has 0 spiro atoms. The zero-order valence-electron chi connectivity index (χ0n) is 15.8. The first-order valence-electron chi connectivity index (χ1n) is 7.96. The van der Waals surface area contributed by atoms with Crippen molar-refractivity contribution >= 4 is 52.7 Å². The van der Waals surface area contributed by atoms with Gasteiger partial charge in [-0.2, -0.15) is 0 Å². The van der Waals surface area contributed by atoms with Crippen molar-refractivity contribution in [3.8, 4) is 0 Å². The van der Waals surface area contributed by atoms with Gasteiger partial charge in [-0.05, 0) is 0 Å². The van der Waals surface area contributed by atoms with E-state index in [2.05, 4.69) is 25.0 Å². The van der Waals surface area contributed by atoms with Crippen molar-refractivity contribution in [2.45, 2.75) is 11.4 Å². The van der Waals surface area contributed by atoms with Crippen LogP contribution in [-0.4, -0.2) is 70.4 Å². The molecule has 15 heteroatoms. The molecule has 1 aromatic heterocycles. The fourth-order valence-corrected chi connectivity index (χ4v) is 4.64. The molecule has 1 saturated heterocycles. The molecule has 1 unspecified atom stereocenters. The van der Waals surface area contributed by atoms with Gasteiger partial charge in [0.2, 0.25) is 0 Å². The molecule has 0 aromatic carbocycles. The predicted octanol–water partition coefficient (Wildman–Crippen LogP) is -5.00. The van der Waals surface area contributed by atoms with Gasteiger partial charge in [-0.1, -0.05) is 5.16 Å². The van der Waals surface area contributed by atoms with Gasteiger partial charge in [0.25, 0.3) is 11.8 Å². The van der Waals surface area contributed by atoms with Crippen molar-refractivity contribution < 1.29 is 63.4 Å². The number of primary amides is 1. The maximum Gasteiger partial charge on any atom is 1.00 e. The molecule has 3 rings (SSSR count). The topological polar surface area (TPSA) is 176 Å². The van der Waals surface area contributed by atoms with Crippen LogP contribution in [0.1, 0.15) is 5.69 Å². The number of thioether (sulfide) groups is 1. The van der Waals surface area contributed by atoms with Gasteiger partial charge in [0.15, 0.2) is 5.71 Å². The summed E-state index contributed by atoms with van der Waals surface area (Å²) in [6.45, 7) is -0.381. The van der Waals surface area contributed by atoms with Crippen LogP contribution in [0.2, 0.25) is 0 Å². The van der Waals surface area contributed by atoms with E-state index in [4.69, 9.17) is 5.73 Å². The molecule has 0 bridgehead atoms. The number of carbonyl (C=O) groups excluding carboxylic acids is 4. The third-order valence-corrected chi connectivity index (χ3v) is 5.91. The number of aromatic nitrogens is 1. The number of aliphatic carboxylic acids is 1. The Morgan fingerprint density at radius 1 is 1.47 bits per heavy atom. The van der Waals surface area contributed by atoms with Crippen LogP contribution in [0.3, 0.4) is 0 Å². The molecule has 0 saturated carbocycles. The molecule has 154 valence electrons. The Hall–Kier alpha value is -2.13. The number of β-lactam (4-membered cyclic amide) rings is 1. The number of nitrogens with zero attached hydrogens (tertiary/aromatic N) is 3. The maximum atomic E-state index is 12.6. The summed E-state index contributed by atoms with van der Waals surface area (Å²) in [5.41, 5.74) is 6.34. The molecule has 2 aliphatic heterocycles. The van der Waals surface area contributed by atoms with Gasteiger partial charge in [-0.3, -0.25) is 14.5 Å². The van der Waals surface area contributed by atoms with Gasteiger partial charge in [-0.15, -0.1) is 23.1 Å². The van der Waals surface area contributed by atoms with E-state index < -0.39 is 41.0 Å². The third-order valence-electron chi connectivity index (χ3n) is 3.99. The molecule has 1 fully saturated rings. The van der Waals surface area contributed by atoms with Gasteiger partial charge in [0, 0.05) is 16.7 Å². The summed E-state index contributed by atoms with van der Waals surface area (Å²) in [7, 11) is 1.26. The van der Waals surface area contributed by atoms with Gasteiger partial charge in [-0.25, -0.2) is 9.78 Å². The second-order valence-electron chi connectivity index (χ2n) is 5.70. The number of carboxylic acids is 1. The van der Waals surface area contributed by atoms with Gasteiger partial charge in [0.05, 0.1) is 17.2 Å². The SMILES string of the molecule is CO/N=C(/C(=O)NC1C(=O)N2C(C(=O)[O-])=C(COC(N)=O)CS[C@H]12)c1cscn1.[Na+]. The second-order valence-corrected chi connectivity index (χ2v) is 7.53. The van der Waals surface area contributed by atoms with Crippen LogP contribution in [0.5, 0.6) is 0 Å². The standard InChI is InChI=1S/C15H15N5O7S2.Na/c1-26-19-8(7-4-28-5-17-7)11(21)18-9-12(22)20-10(14(23)24)6(2-27-15(16)25)3-29-13(9)20;/h4-5,9,13H,2-3H2,1H3,(H2,16,25)(H,18,21)(H,23,24);/q;+1/p-1/b19-8+;/t9?,13-;/m1./s1. The molecule has 3 heterocycles. The number of nitrogens with one attached hydrogen (secondary N) is 1. The van der Waals surface area contributed by atoms with E-state index in [-0.39, 0.29) is 58.9 Å². The monoisotopic (exact) mass is 463 g/mol. The molecular formula is C15H14N5NaO7S2. The Labute approximate surface area is 200 Å². The minimum Gasteiger partial charge on any atom is -0.543 e. The van der Waals surface area contributed by atoms with E-state index in [0.29, 0.717) is 0 Å². The average molecular weight is 463 g/mol. The minimum absolute atomic E-state index is 0. The number of fused-ring (bicyclic) bond motifs is 1. The van der Waals surface area contributed by atoms with Crippen LogP contribution in [-0.2, 0) is 24.0 Å². The normalized spacial score (nSPS) is 20.5. The molecule has 1 aromatic rings. The number of amides is 3. The molecule has 3 amide bonds. The fraction of sp³-hybridized carbons (Fsp3) is 0.333. The van der Waals surface area contributed by atoms with Crippen LogP contribution < -0.4 is 45.7 Å². The van der Waals surface area contributed by atoms with E-state index in [0.717, 1.165) is 4.90 Å². The van der Waals surface area contributed by atoms with E-state index in [1.807, 2.05) is 0 Å². The van der Waals surface area contributed by atoms with Crippen LogP contribution in [0.15, 0.2) is 27.3 Å². The summed E-state index contributed by atoms with van der Waals surface area (Å²) in [6, 6.07) is -0.985. The first kappa shape index (κ1) is 24.1. The van der Waals surface area contributed by atoms with E-state index in [1.54, 1.807) is 5.38 Å². The summed E-state index contributed by atoms with van der Waals surface area (Å²) in [5.74, 6) is -2.80. The number of hydrogen-bond acceptors (Lipinski definition) is 11. The number of hydrogen-bond donors (Lipinski definition) is 2. The van der Waals surface area contributed by atoms with Crippen LogP contribution in [0.25, 0.3) is 0 Å². The molecule has 2 aliphatic rings. The van der Waals surface area contributed by atoms with E-state index in [1.165, 1.54) is 35.7 Å². The van der Waals surface area contributed by atoms with Gasteiger partial charge in [0.1, 0.15) is 30.8 Å². The van der Waals surface area contributed by atoms with Crippen molar-refractivity contribution in [1.29, 1.82) is 0 Å². The molecule has 0 radical (unpaired) electrons. The fourth-order valence-electron chi connectivity index (χ4n) is 2.78. The van der Waals surface area contributed by atoms with Crippen molar-refractivity contribution in [3.63, 3.8) is 0 Å². The number of nitrogens with two attached hydrogens (primary N) is 1. The smallest absolute Gasteiger partial charge is 0.543 e. The first-order chi connectivity index (χ1) is 13.8. The van der Waals surface area contributed by atoms with Crippen LogP contribution >= 0.6 is 23.1 Å². The summed E-state index contributed by atoms with van der Waals surface area (Å²) >= 11 is 2.44. The largest absolute Gasteiger partial charge is 1.00 e. The Balaban J connectivity index is 0.00000320. The molecule has 0 aliphatic carbocycles. The van der Waals surface area contributed by atoms with Crippen molar-refractivity contribution in [3.05, 3.63) is 27.9 Å². The predicted molar refractivity (Wildman–Crippen MR) is 98.3 cm³/mol. The van der Waals surface area contributed by atoms with E-state index >= 15 is 0 Å². The zero-order chi connectivity index (χ0) is 21.1. The molecule has 3 N–H and O–H groups in total. The molecular weight excluding hydrogens is 449 g/mol. The summed E-state index contributed by atoms with van der Waals surface area (Å²) < 4.78 is 4.63. The summed E-state index contributed by atoms with van der Waals surface area (Å²) in [6.07, 6.45) is -1.07. The number of thiazole rings is 1. The summed E-state index contributed by atoms with van der Waals surface area (Å²) in [5, 5.41) is 18.6. The Kier molecular flexibility index (Phi) is 8.25. The number of carboxylic acid groups (broad SMARTS) is 1. The van der Waals surface area contributed by atoms with Crippen molar-refractivity contribution in [2.75, 3.05) is 19.5 Å². The van der Waals surface area contributed by atoms with Crippen LogP contribution in [0.4, 0.5) is 4.79 Å². The number of rotatable bonds is 7. The molecule has 30 heavy (non-hydrogen) atoms. The van der Waals surface area contributed by atoms with Crippen molar-refractivity contribution in [1.82, 2.24) is 15.2 Å². The number of oxime groups is 1. The average Bonchev–Trinajstić information content (AvgIpc) is 3.21. The van der Waals surface area contributed by atoms with Crippen LogP contribution in [0, 0.1) is 0 Å². The Morgan fingerprint density at radius 3 is 2.77 bits per heavy atom. The van der Waals surface area contributed by atoms with Gasteiger partial charge >= 0.3 is 35.7 Å². The number of carbonyl (C=O) groups is 4. The second kappa shape index (κ2) is 10.3. The minimum atomic E-state index is -1.60. The zero-order valence-corrected chi connectivity index (χ0v) is 19.4. The van der Waals surface area contributed by atoms with E-state index in [9.17, 15) is 24.3 Å². The Morgan fingerprint density at radius 2 is 2.20 bits per heavy atom. The quantitative estimate of drug-likeness (QED) is 0.173. The molecule has 12 nitrogen and oxygen atoms in total. The Bertz CT molecular complexity index is 920. The maximum absolute atomic E-state index is 12.6. The first-order valence-corrected chi connectivity index (χ1v) is 9.95. The van der Waals surface area contributed by atoms with Crippen molar-refractivity contribution in [2.24, 2.45) is 10.9 Å². The third kappa shape index (κ3) is 4.78. The summed E-state index contributed by atoms with van der Waals surface area (Å²) in [4.78, 5) is 57.1. The van der Waals surface area contributed by atoms with Gasteiger partial charge < -0.3 is 30.5 Å². The number of ether oxygens (including phenoxy) is 1.